The zero-order chi connectivity index (χ0) is 13.9. The van der Waals surface area contributed by atoms with Crippen molar-refractivity contribution in [3.63, 3.8) is 0 Å². The lowest BCUT2D eigenvalue weighted by Gasteiger charge is -2.33. The molecule has 1 aromatic carbocycles. The number of hydrogen-bond donors (Lipinski definition) is 1. The van der Waals surface area contributed by atoms with Crippen LogP contribution in [0, 0.1) is 5.92 Å². The van der Waals surface area contributed by atoms with Gasteiger partial charge in [-0.15, -0.1) is 0 Å². The molecule has 3 nitrogen and oxygen atoms in total. The normalized spacial score (nSPS) is 22.2. The van der Waals surface area contributed by atoms with E-state index < -0.39 is 0 Å². The molecule has 2 atom stereocenters. The van der Waals surface area contributed by atoms with E-state index in [0.29, 0.717) is 0 Å². The summed E-state index contributed by atoms with van der Waals surface area (Å²) in [6.45, 7) is 5.54. The van der Waals surface area contributed by atoms with E-state index in [1.165, 1.54) is 32.4 Å². The van der Waals surface area contributed by atoms with Crippen molar-refractivity contribution in [2.45, 2.75) is 32.2 Å². The van der Waals surface area contributed by atoms with E-state index >= 15 is 0 Å². The first-order valence-electron chi connectivity index (χ1n) is 7.72. The molecule has 2 N–H and O–H groups in total. The highest BCUT2D eigenvalue weighted by molar-refractivity contribution is 5.77. The molecule has 3 heteroatoms. The number of nitrogens with two attached hydrogens (primary N) is 1. The molecule has 1 aromatic heterocycles. The van der Waals surface area contributed by atoms with Crippen molar-refractivity contribution in [1.29, 1.82) is 0 Å². The van der Waals surface area contributed by atoms with Gasteiger partial charge in [0.05, 0.1) is 6.04 Å². The number of likely N-dealkylation sites (tertiary alicyclic amines) is 1. The van der Waals surface area contributed by atoms with Crippen LogP contribution in [0.5, 0.6) is 0 Å². The molecule has 0 radical (unpaired) electrons. The largest absolute Gasteiger partial charge is 0.459 e. The lowest BCUT2D eigenvalue weighted by molar-refractivity contribution is 0.159. The predicted octanol–water partition coefficient (Wildman–Crippen LogP) is 3.55. The SMILES string of the molecule is CCC1CCCN(CC(N)c2cc3ccccc3o2)C1. The molecule has 0 saturated carbocycles. The second-order valence-corrected chi connectivity index (χ2v) is 5.97. The minimum Gasteiger partial charge on any atom is -0.459 e. The first kappa shape index (κ1) is 13.7. The van der Waals surface area contributed by atoms with Crippen molar-refractivity contribution in [2.75, 3.05) is 19.6 Å². The lowest BCUT2D eigenvalue weighted by Crippen LogP contribution is -2.39. The van der Waals surface area contributed by atoms with Crippen molar-refractivity contribution >= 4 is 11.0 Å². The highest BCUT2D eigenvalue weighted by atomic mass is 16.3. The Morgan fingerprint density at radius 1 is 1.40 bits per heavy atom. The van der Waals surface area contributed by atoms with Gasteiger partial charge in [-0.1, -0.05) is 31.5 Å². The summed E-state index contributed by atoms with van der Waals surface area (Å²) >= 11 is 0. The maximum atomic E-state index is 6.34. The van der Waals surface area contributed by atoms with Crippen molar-refractivity contribution < 1.29 is 4.42 Å². The van der Waals surface area contributed by atoms with Crippen LogP contribution >= 0.6 is 0 Å². The average molecular weight is 272 g/mol. The summed E-state index contributed by atoms with van der Waals surface area (Å²) in [5, 5.41) is 1.14. The molecule has 1 saturated heterocycles. The second-order valence-electron chi connectivity index (χ2n) is 5.97. The topological polar surface area (TPSA) is 42.4 Å². The van der Waals surface area contributed by atoms with Gasteiger partial charge in [0.2, 0.25) is 0 Å². The minimum absolute atomic E-state index is 0.0296. The third-order valence-electron chi connectivity index (χ3n) is 4.45. The summed E-state index contributed by atoms with van der Waals surface area (Å²) in [6, 6.07) is 10.2. The van der Waals surface area contributed by atoms with Crippen LogP contribution in [-0.4, -0.2) is 24.5 Å². The zero-order valence-electron chi connectivity index (χ0n) is 12.2. The molecule has 0 bridgehead atoms. The first-order chi connectivity index (χ1) is 9.76. The van der Waals surface area contributed by atoms with Crippen molar-refractivity contribution in [1.82, 2.24) is 4.90 Å². The van der Waals surface area contributed by atoms with E-state index in [1.54, 1.807) is 0 Å². The fourth-order valence-electron chi connectivity index (χ4n) is 3.20. The number of benzene rings is 1. The third kappa shape index (κ3) is 2.89. The molecule has 1 fully saturated rings. The Balaban J connectivity index is 1.67. The Labute approximate surface area is 120 Å². The number of nitrogens with zero attached hydrogens (tertiary/aromatic N) is 1. The van der Waals surface area contributed by atoms with E-state index in [2.05, 4.69) is 24.0 Å². The van der Waals surface area contributed by atoms with Crippen LogP contribution in [0.4, 0.5) is 0 Å². The molecular formula is C17H24N2O. The number of para-hydroxylation sites is 1. The van der Waals surface area contributed by atoms with E-state index in [9.17, 15) is 0 Å². The maximum absolute atomic E-state index is 6.34. The van der Waals surface area contributed by atoms with Gasteiger partial charge >= 0.3 is 0 Å². The predicted molar refractivity (Wildman–Crippen MR) is 82.6 cm³/mol. The zero-order valence-corrected chi connectivity index (χ0v) is 12.2. The monoisotopic (exact) mass is 272 g/mol. The molecule has 0 aliphatic carbocycles. The summed E-state index contributed by atoms with van der Waals surface area (Å²) in [5.74, 6) is 1.75. The van der Waals surface area contributed by atoms with Gasteiger partial charge in [-0.25, -0.2) is 0 Å². The van der Waals surface area contributed by atoms with Gasteiger partial charge in [0.15, 0.2) is 0 Å². The number of fused-ring (bicyclic) bond motifs is 1. The molecule has 0 amide bonds. The van der Waals surface area contributed by atoms with E-state index in [4.69, 9.17) is 10.2 Å². The van der Waals surface area contributed by atoms with Gasteiger partial charge in [0.25, 0.3) is 0 Å². The quantitative estimate of drug-likeness (QED) is 0.925. The summed E-state index contributed by atoms with van der Waals surface area (Å²) in [7, 11) is 0. The van der Waals surface area contributed by atoms with Crippen LogP contribution in [-0.2, 0) is 0 Å². The van der Waals surface area contributed by atoms with Gasteiger partial charge < -0.3 is 15.1 Å². The number of hydrogen-bond acceptors (Lipinski definition) is 3. The number of piperidine rings is 1. The van der Waals surface area contributed by atoms with Gasteiger partial charge in [0.1, 0.15) is 11.3 Å². The van der Waals surface area contributed by atoms with Gasteiger partial charge in [-0.3, -0.25) is 0 Å². The Morgan fingerprint density at radius 2 is 2.25 bits per heavy atom. The lowest BCUT2D eigenvalue weighted by atomic mass is 9.95. The van der Waals surface area contributed by atoms with Gasteiger partial charge in [-0.05, 0) is 37.4 Å². The number of rotatable bonds is 4. The number of furan rings is 1. The van der Waals surface area contributed by atoms with E-state index in [0.717, 1.165) is 29.2 Å². The van der Waals surface area contributed by atoms with Crippen LogP contribution in [0.3, 0.4) is 0 Å². The molecule has 3 rings (SSSR count). The van der Waals surface area contributed by atoms with E-state index in [1.807, 2.05) is 18.2 Å². The molecule has 20 heavy (non-hydrogen) atoms. The Hall–Kier alpha value is -1.32. The molecule has 108 valence electrons. The van der Waals surface area contributed by atoms with E-state index in [-0.39, 0.29) is 6.04 Å². The van der Waals surface area contributed by atoms with Crippen LogP contribution in [0.1, 0.15) is 38.0 Å². The Kier molecular flexibility index (Phi) is 4.08. The maximum Gasteiger partial charge on any atom is 0.134 e. The molecule has 1 aliphatic heterocycles. The smallest absolute Gasteiger partial charge is 0.134 e. The molecule has 2 heterocycles. The molecule has 1 aliphatic rings. The molecular weight excluding hydrogens is 248 g/mol. The molecule has 2 aromatic rings. The molecule has 0 spiro atoms. The van der Waals surface area contributed by atoms with Crippen LogP contribution < -0.4 is 5.73 Å². The fraction of sp³-hybridized carbons (Fsp3) is 0.529. The van der Waals surface area contributed by atoms with Crippen molar-refractivity contribution in [3.05, 3.63) is 36.1 Å². The summed E-state index contributed by atoms with van der Waals surface area (Å²) in [4.78, 5) is 2.50. The third-order valence-corrected chi connectivity index (χ3v) is 4.45. The van der Waals surface area contributed by atoms with Crippen LogP contribution in [0.2, 0.25) is 0 Å². The summed E-state index contributed by atoms with van der Waals surface area (Å²) < 4.78 is 5.87. The van der Waals surface area contributed by atoms with Crippen molar-refractivity contribution in [3.8, 4) is 0 Å². The Bertz CT molecular complexity index is 530. The highest BCUT2D eigenvalue weighted by Crippen LogP contribution is 2.25. The average Bonchev–Trinajstić information content (AvgIpc) is 2.91. The van der Waals surface area contributed by atoms with Crippen LogP contribution in [0.25, 0.3) is 11.0 Å². The minimum atomic E-state index is -0.0296. The Morgan fingerprint density at radius 3 is 3.05 bits per heavy atom. The second kappa shape index (κ2) is 5.98. The summed E-state index contributed by atoms with van der Waals surface area (Å²) in [6.07, 6.45) is 3.94. The fourth-order valence-corrected chi connectivity index (χ4v) is 3.20. The standard InChI is InChI=1S/C17H24N2O/c1-2-13-6-5-9-19(11-13)12-15(18)17-10-14-7-3-4-8-16(14)20-17/h3-4,7-8,10,13,15H,2,5-6,9,11-12,18H2,1H3. The van der Waals surface area contributed by atoms with Gasteiger partial charge in [0, 0.05) is 18.5 Å². The van der Waals surface area contributed by atoms with Crippen molar-refractivity contribution in [2.24, 2.45) is 11.7 Å². The van der Waals surface area contributed by atoms with Gasteiger partial charge in [-0.2, -0.15) is 0 Å². The highest BCUT2D eigenvalue weighted by Gasteiger charge is 2.22. The summed E-state index contributed by atoms with van der Waals surface area (Å²) in [5.41, 5.74) is 7.27. The molecule has 2 unspecified atom stereocenters. The first-order valence-corrected chi connectivity index (χ1v) is 7.72. The van der Waals surface area contributed by atoms with Crippen LogP contribution in [0.15, 0.2) is 34.7 Å².